The smallest absolute Gasteiger partial charge is 0.306 e. The minimum Gasteiger partial charge on any atom is -0.326 e. The summed E-state index contributed by atoms with van der Waals surface area (Å²) in [6.45, 7) is 0. The molecule has 2 aromatic rings. The summed E-state index contributed by atoms with van der Waals surface area (Å²) < 4.78 is 26.0. The van der Waals surface area contributed by atoms with E-state index in [9.17, 15) is 28.5 Å². The SMILES string of the molecule is O=C(CCC(=O)Nc1ccc(F)c([N+](=O)[O-])c1)Nc1ccc(F)cc1. The van der Waals surface area contributed by atoms with E-state index < -0.39 is 34.1 Å². The van der Waals surface area contributed by atoms with Gasteiger partial charge in [0.25, 0.3) is 0 Å². The Labute approximate surface area is 140 Å². The maximum atomic E-state index is 13.2. The van der Waals surface area contributed by atoms with E-state index >= 15 is 0 Å². The fourth-order valence-corrected chi connectivity index (χ4v) is 1.94. The van der Waals surface area contributed by atoms with Gasteiger partial charge in [0.1, 0.15) is 5.82 Å². The van der Waals surface area contributed by atoms with Crippen molar-refractivity contribution in [2.45, 2.75) is 12.8 Å². The van der Waals surface area contributed by atoms with E-state index in [1.54, 1.807) is 0 Å². The van der Waals surface area contributed by atoms with Crippen LogP contribution in [0.4, 0.5) is 25.8 Å². The second-order valence-electron chi connectivity index (χ2n) is 5.03. The zero-order chi connectivity index (χ0) is 18.4. The average molecular weight is 349 g/mol. The van der Waals surface area contributed by atoms with Gasteiger partial charge in [0, 0.05) is 30.3 Å². The van der Waals surface area contributed by atoms with Gasteiger partial charge >= 0.3 is 5.69 Å². The molecule has 0 saturated carbocycles. The lowest BCUT2D eigenvalue weighted by Gasteiger charge is -2.07. The first-order valence-electron chi connectivity index (χ1n) is 7.14. The van der Waals surface area contributed by atoms with Gasteiger partial charge in [0.2, 0.25) is 17.6 Å². The summed E-state index contributed by atoms with van der Waals surface area (Å²) in [5.41, 5.74) is -0.315. The molecule has 0 unspecified atom stereocenters. The molecule has 7 nitrogen and oxygen atoms in total. The predicted octanol–water partition coefficient (Wildman–Crippen LogP) is 3.23. The lowest BCUT2D eigenvalue weighted by molar-refractivity contribution is -0.387. The fourth-order valence-electron chi connectivity index (χ4n) is 1.94. The van der Waals surface area contributed by atoms with Crippen molar-refractivity contribution in [2.75, 3.05) is 10.6 Å². The van der Waals surface area contributed by atoms with Crippen molar-refractivity contribution in [1.82, 2.24) is 0 Å². The molecule has 0 aliphatic carbocycles. The number of nitrogens with one attached hydrogen (secondary N) is 2. The Morgan fingerprint density at radius 3 is 2.00 bits per heavy atom. The molecule has 0 saturated heterocycles. The van der Waals surface area contributed by atoms with Crippen molar-refractivity contribution >= 4 is 28.9 Å². The first-order valence-corrected chi connectivity index (χ1v) is 7.14. The predicted molar refractivity (Wildman–Crippen MR) is 85.9 cm³/mol. The number of hydrogen-bond acceptors (Lipinski definition) is 4. The van der Waals surface area contributed by atoms with Crippen LogP contribution in [-0.2, 0) is 9.59 Å². The quantitative estimate of drug-likeness (QED) is 0.617. The van der Waals surface area contributed by atoms with Crippen LogP contribution in [0.3, 0.4) is 0 Å². The van der Waals surface area contributed by atoms with Crippen LogP contribution in [0.25, 0.3) is 0 Å². The Morgan fingerprint density at radius 2 is 1.44 bits per heavy atom. The van der Waals surface area contributed by atoms with Crippen molar-refractivity contribution in [3.8, 4) is 0 Å². The van der Waals surface area contributed by atoms with E-state index in [1.807, 2.05) is 0 Å². The fraction of sp³-hybridized carbons (Fsp3) is 0.125. The molecule has 2 aromatic carbocycles. The molecular weight excluding hydrogens is 336 g/mol. The average Bonchev–Trinajstić information content (AvgIpc) is 2.56. The first-order chi connectivity index (χ1) is 11.8. The molecular formula is C16H13F2N3O4. The van der Waals surface area contributed by atoms with Crippen LogP contribution in [0.15, 0.2) is 42.5 Å². The molecule has 0 aliphatic rings. The van der Waals surface area contributed by atoms with Gasteiger partial charge in [0.05, 0.1) is 4.92 Å². The van der Waals surface area contributed by atoms with Crippen molar-refractivity contribution in [3.05, 3.63) is 64.2 Å². The van der Waals surface area contributed by atoms with Gasteiger partial charge in [-0.2, -0.15) is 4.39 Å². The van der Waals surface area contributed by atoms with Crippen molar-refractivity contribution in [1.29, 1.82) is 0 Å². The van der Waals surface area contributed by atoms with E-state index in [0.717, 1.165) is 12.1 Å². The van der Waals surface area contributed by atoms with Crippen LogP contribution < -0.4 is 10.6 Å². The number of nitrogens with zero attached hydrogens (tertiary/aromatic N) is 1. The number of halogens is 2. The largest absolute Gasteiger partial charge is 0.326 e. The molecule has 2 rings (SSSR count). The van der Waals surface area contributed by atoms with E-state index in [-0.39, 0.29) is 18.5 Å². The molecule has 0 aliphatic heterocycles. The second kappa shape index (κ2) is 7.95. The molecule has 0 aromatic heterocycles. The Bertz CT molecular complexity index is 810. The molecule has 25 heavy (non-hydrogen) atoms. The molecule has 9 heteroatoms. The van der Waals surface area contributed by atoms with Crippen LogP contribution in [-0.4, -0.2) is 16.7 Å². The summed E-state index contributed by atoms with van der Waals surface area (Å²) in [6, 6.07) is 8.07. The van der Waals surface area contributed by atoms with Gasteiger partial charge in [-0.3, -0.25) is 19.7 Å². The zero-order valence-electron chi connectivity index (χ0n) is 12.8. The van der Waals surface area contributed by atoms with Crippen molar-refractivity contribution in [3.63, 3.8) is 0 Å². The highest BCUT2D eigenvalue weighted by Gasteiger charge is 2.15. The molecule has 0 heterocycles. The second-order valence-corrected chi connectivity index (χ2v) is 5.03. The monoisotopic (exact) mass is 349 g/mol. The summed E-state index contributed by atoms with van der Waals surface area (Å²) in [5, 5.41) is 15.5. The minimum absolute atomic E-state index is 0.0528. The topological polar surface area (TPSA) is 101 Å². The third kappa shape index (κ3) is 5.34. The van der Waals surface area contributed by atoms with E-state index in [1.165, 1.54) is 30.3 Å². The Balaban J connectivity index is 1.86. The normalized spacial score (nSPS) is 10.2. The number of anilines is 2. The first kappa shape index (κ1) is 18.0. The molecule has 0 atom stereocenters. The highest BCUT2D eigenvalue weighted by Crippen LogP contribution is 2.21. The van der Waals surface area contributed by atoms with E-state index in [4.69, 9.17) is 0 Å². The van der Waals surface area contributed by atoms with E-state index in [0.29, 0.717) is 5.69 Å². The van der Waals surface area contributed by atoms with Crippen molar-refractivity contribution in [2.24, 2.45) is 0 Å². The molecule has 0 fully saturated rings. The number of nitro groups is 1. The highest BCUT2D eigenvalue weighted by atomic mass is 19.1. The zero-order valence-corrected chi connectivity index (χ0v) is 12.8. The maximum Gasteiger partial charge on any atom is 0.306 e. The number of nitro benzene ring substituents is 1. The Morgan fingerprint density at radius 1 is 0.920 bits per heavy atom. The number of carbonyl (C=O) groups is 2. The number of hydrogen-bond donors (Lipinski definition) is 2. The third-order valence-corrected chi connectivity index (χ3v) is 3.13. The van der Waals surface area contributed by atoms with Crippen LogP contribution in [0.2, 0.25) is 0 Å². The number of carbonyl (C=O) groups excluding carboxylic acids is 2. The lowest BCUT2D eigenvalue weighted by Crippen LogP contribution is -2.17. The minimum atomic E-state index is -1.01. The summed E-state index contributed by atoms with van der Waals surface area (Å²) in [7, 11) is 0. The number of benzene rings is 2. The number of rotatable bonds is 6. The van der Waals surface area contributed by atoms with Gasteiger partial charge < -0.3 is 10.6 Å². The summed E-state index contributed by atoms with van der Waals surface area (Å²) in [5.74, 6) is -2.46. The van der Waals surface area contributed by atoms with Crippen LogP contribution in [0.1, 0.15) is 12.8 Å². The Hall–Kier alpha value is -3.36. The van der Waals surface area contributed by atoms with Crippen LogP contribution in [0.5, 0.6) is 0 Å². The van der Waals surface area contributed by atoms with Crippen molar-refractivity contribution < 1.29 is 23.3 Å². The highest BCUT2D eigenvalue weighted by molar-refractivity contribution is 5.96. The molecule has 2 amide bonds. The lowest BCUT2D eigenvalue weighted by atomic mass is 10.2. The van der Waals surface area contributed by atoms with E-state index in [2.05, 4.69) is 10.6 Å². The van der Waals surface area contributed by atoms with Gasteiger partial charge in [0.15, 0.2) is 0 Å². The summed E-state index contributed by atoms with van der Waals surface area (Å²) in [4.78, 5) is 33.2. The molecule has 2 N–H and O–H groups in total. The van der Waals surface area contributed by atoms with Crippen LogP contribution in [0, 0.1) is 21.7 Å². The van der Waals surface area contributed by atoms with Gasteiger partial charge in [-0.15, -0.1) is 0 Å². The third-order valence-electron chi connectivity index (χ3n) is 3.13. The molecule has 0 radical (unpaired) electrons. The summed E-state index contributed by atoms with van der Waals surface area (Å²) >= 11 is 0. The standard InChI is InChI=1S/C16H13F2N3O4/c17-10-1-3-11(4-2-10)19-15(22)7-8-16(23)20-12-5-6-13(18)14(9-12)21(24)25/h1-6,9H,7-8H2,(H,19,22)(H,20,23). The maximum absolute atomic E-state index is 13.2. The molecule has 130 valence electrons. The van der Waals surface area contributed by atoms with Gasteiger partial charge in [-0.1, -0.05) is 0 Å². The molecule has 0 bridgehead atoms. The summed E-state index contributed by atoms with van der Waals surface area (Å²) in [6.07, 6.45) is -0.329. The molecule has 0 spiro atoms. The van der Waals surface area contributed by atoms with Crippen LogP contribution >= 0.6 is 0 Å². The van der Waals surface area contributed by atoms with Gasteiger partial charge in [-0.05, 0) is 36.4 Å². The number of amides is 2. The van der Waals surface area contributed by atoms with Gasteiger partial charge in [-0.25, -0.2) is 4.39 Å². The Kier molecular flexibility index (Phi) is 5.72.